The highest BCUT2D eigenvalue weighted by atomic mass is 16.5. The van der Waals surface area contributed by atoms with Crippen molar-refractivity contribution in [3.05, 3.63) is 79.1 Å². The monoisotopic (exact) mass is 449 g/mol. The predicted octanol–water partition coefficient (Wildman–Crippen LogP) is 4.14. The summed E-state index contributed by atoms with van der Waals surface area (Å²) < 4.78 is 10.4. The van der Waals surface area contributed by atoms with E-state index >= 15 is 0 Å². The molecule has 5 aromatic rings. The minimum absolute atomic E-state index is 0.405. The first-order valence-electron chi connectivity index (χ1n) is 10.4. The van der Waals surface area contributed by atoms with Gasteiger partial charge in [0.2, 0.25) is 0 Å². The Labute approximate surface area is 195 Å². The van der Waals surface area contributed by atoms with Crippen molar-refractivity contribution in [1.29, 1.82) is 0 Å². The maximum absolute atomic E-state index is 5.19. The number of rotatable bonds is 6. The van der Waals surface area contributed by atoms with Crippen LogP contribution in [0.15, 0.2) is 79.1 Å². The zero-order chi connectivity index (χ0) is 23.3. The molecule has 2 aromatic carbocycles. The summed E-state index contributed by atoms with van der Waals surface area (Å²) in [5.41, 5.74) is 4.23. The van der Waals surface area contributed by atoms with Crippen molar-refractivity contribution in [2.75, 3.05) is 14.2 Å². The van der Waals surface area contributed by atoms with Crippen LogP contribution in [0, 0.1) is 0 Å². The Morgan fingerprint density at radius 1 is 0.500 bits per heavy atom. The normalized spacial score (nSPS) is 10.6. The van der Waals surface area contributed by atoms with Crippen molar-refractivity contribution in [3.63, 3.8) is 0 Å². The molecule has 0 aliphatic rings. The third-order valence-corrected chi connectivity index (χ3v) is 5.10. The number of aromatic nitrogens is 7. The third kappa shape index (κ3) is 4.40. The lowest BCUT2D eigenvalue weighted by Crippen LogP contribution is -1.99. The number of benzene rings is 2. The molecule has 0 radical (unpaired) electrons. The fourth-order valence-corrected chi connectivity index (χ4v) is 3.26. The zero-order valence-corrected chi connectivity index (χ0v) is 18.5. The molecule has 0 aliphatic heterocycles. The molecule has 0 saturated carbocycles. The molecule has 34 heavy (non-hydrogen) atoms. The summed E-state index contributed by atoms with van der Waals surface area (Å²) in [6, 6.07) is 20.6. The first-order chi connectivity index (χ1) is 16.7. The van der Waals surface area contributed by atoms with E-state index in [-0.39, 0.29) is 0 Å². The fraction of sp³-hybridized carbons (Fsp3) is 0.0800. The molecule has 0 bridgehead atoms. The Kier molecular flexibility index (Phi) is 5.81. The summed E-state index contributed by atoms with van der Waals surface area (Å²) in [4.78, 5) is 13.5. The second kappa shape index (κ2) is 9.37. The number of hydrogen-bond donors (Lipinski definition) is 0. The summed E-state index contributed by atoms with van der Waals surface area (Å²) in [5.74, 6) is 2.36. The quantitative estimate of drug-likeness (QED) is 0.378. The van der Waals surface area contributed by atoms with Gasteiger partial charge in [-0.15, -0.1) is 20.4 Å². The summed E-state index contributed by atoms with van der Waals surface area (Å²) in [6.07, 6.45) is 3.33. The molecule has 9 nitrogen and oxygen atoms in total. The van der Waals surface area contributed by atoms with Gasteiger partial charge in [-0.3, -0.25) is 0 Å². The van der Waals surface area contributed by atoms with Crippen LogP contribution >= 0.6 is 0 Å². The van der Waals surface area contributed by atoms with E-state index in [2.05, 4.69) is 35.3 Å². The van der Waals surface area contributed by atoms with Gasteiger partial charge in [-0.25, -0.2) is 15.0 Å². The van der Waals surface area contributed by atoms with Gasteiger partial charge in [-0.1, -0.05) is 6.07 Å². The topological polar surface area (TPSA) is 109 Å². The van der Waals surface area contributed by atoms with Crippen LogP contribution in [-0.4, -0.2) is 49.6 Å². The summed E-state index contributed by atoms with van der Waals surface area (Å²) >= 11 is 0. The van der Waals surface area contributed by atoms with Crippen molar-refractivity contribution in [2.45, 2.75) is 0 Å². The average molecular weight is 449 g/mol. The second-order valence-corrected chi connectivity index (χ2v) is 7.20. The molecule has 0 fully saturated rings. The van der Waals surface area contributed by atoms with E-state index in [9.17, 15) is 0 Å². The molecule has 166 valence electrons. The summed E-state index contributed by atoms with van der Waals surface area (Å²) in [5, 5.41) is 17.1. The predicted molar refractivity (Wildman–Crippen MR) is 126 cm³/mol. The molecule has 0 atom stereocenters. The molecule has 0 saturated heterocycles. The first-order valence-corrected chi connectivity index (χ1v) is 10.4. The van der Waals surface area contributed by atoms with Gasteiger partial charge in [0.25, 0.3) is 0 Å². The lowest BCUT2D eigenvalue weighted by Gasteiger charge is -2.05. The summed E-state index contributed by atoms with van der Waals surface area (Å²) in [7, 11) is 3.26. The van der Waals surface area contributed by atoms with Crippen LogP contribution in [0.5, 0.6) is 11.5 Å². The number of hydrogen-bond acceptors (Lipinski definition) is 9. The Morgan fingerprint density at radius 2 is 0.941 bits per heavy atom. The second-order valence-electron chi connectivity index (χ2n) is 7.20. The van der Waals surface area contributed by atoms with Crippen LogP contribution in [0.4, 0.5) is 0 Å². The molecule has 0 spiro atoms. The summed E-state index contributed by atoms with van der Waals surface area (Å²) in [6.45, 7) is 0. The molecule has 3 heterocycles. The Balaban J connectivity index is 1.36. The maximum Gasteiger partial charge on any atom is 0.200 e. The van der Waals surface area contributed by atoms with Gasteiger partial charge in [0.15, 0.2) is 11.6 Å². The smallest absolute Gasteiger partial charge is 0.200 e. The van der Waals surface area contributed by atoms with Gasteiger partial charge in [0.1, 0.15) is 34.3 Å². The zero-order valence-electron chi connectivity index (χ0n) is 18.5. The maximum atomic E-state index is 5.19. The van der Waals surface area contributed by atoms with E-state index in [4.69, 9.17) is 9.47 Å². The molecule has 3 aromatic heterocycles. The van der Waals surface area contributed by atoms with E-state index in [0.29, 0.717) is 34.4 Å². The standard InChI is InChI=1S/C25H19N7O2/c1-33-18-10-6-16(7-11-18)22-14-26-24(31-29-22)20-4-3-5-21(28-20)25-27-15-23(30-32-25)17-8-12-19(34-2)13-9-17/h3-15H,1-2H3. The van der Waals surface area contributed by atoms with Crippen molar-refractivity contribution >= 4 is 0 Å². The molecule has 0 aliphatic carbocycles. The van der Waals surface area contributed by atoms with Gasteiger partial charge in [0, 0.05) is 11.1 Å². The van der Waals surface area contributed by atoms with Crippen LogP contribution < -0.4 is 9.47 Å². The third-order valence-electron chi connectivity index (χ3n) is 5.10. The Morgan fingerprint density at radius 3 is 1.29 bits per heavy atom. The van der Waals surface area contributed by atoms with Crippen LogP contribution in [-0.2, 0) is 0 Å². The number of nitrogens with zero attached hydrogens (tertiary/aromatic N) is 7. The van der Waals surface area contributed by atoms with Crippen LogP contribution in [0.3, 0.4) is 0 Å². The number of pyridine rings is 1. The molecular formula is C25H19N7O2. The highest BCUT2D eigenvalue weighted by Gasteiger charge is 2.11. The minimum Gasteiger partial charge on any atom is -0.497 e. The molecule has 9 heteroatoms. The molecule has 0 unspecified atom stereocenters. The van der Waals surface area contributed by atoms with Gasteiger partial charge < -0.3 is 9.47 Å². The van der Waals surface area contributed by atoms with Crippen LogP contribution in [0.1, 0.15) is 0 Å². The molecule has 5 rings (SSSR count). The van der Waals surface area contributed by atoms with Gasteiger partial charge in [-0.05, 0) is 60.7 Å². The average Bonchev–Trinajstić information content (AvgIpc) is 2.93. The van der Waals surface area contributed by atoms with Gasteiger partial charge in [0.05, 0.1) is 26.6 Å². The van der Waals surface area contributed by atoms with Crippen molar-refractivity contribution in [1.82, 2.24) is 35.3 Å². The van der Waals surface area contributed by atoms with Crippen molar-refractivity contribution < 1.29 is 9.47 Å². The van der Waals surface area contributed by atoms with E-state index in [1.54, 1.807) is 26.6 Å². The number of methoxy groups -OCH3 is 2. The lowest BCUT2D eigenvalue weighted by molar-refractivity contribution is 0.415. The highest BCUT2D eigenvalue weighted by Crippen LogP contribution is 2.23. The molecule has 0 N–H and O–H groups in total. The SMILES string of the molecule is COc1ccc(-c2cnc(-c3cccc(-c4ncc(-c5ccc(OC)cc5)nn4)n3)nn2)cc1. The minimum atomic E-state index is 0.405. The van der Waals surface area contributed by atoms with Crippen LogP contribution in [0.25, 0.3) is 45.6 Å². The number of ether oxygens (including phenoxy) is 2. The van der Waals surface area contributed by atoms with Crippen molar-refractivity contribution in [2.24, 2.45) is 0 Å². The molecule has 0 amide bonds. The van der Waals surface area contributed by atoms with E-state index in [0.717, 1.165) is 22.6 Å². The first kappa shape index (κ1) is 21.1. The Hall–Kier alpha value is -4.79. The lowest BCUT2D eigenvalue weighted by atomic mass is 10.1. The van der Waals surface area contributed by atoms with Gasteiger partial charge >= 0.3 is 0 Å². The fourth-order valence-electron chi connectivity index (χ4n) is 3.26. The van der Waals surface area contributed by atoms with Crippen molar-refractivity contribution in [3.8, 4) is 57.1 Å². The van der Waals surface area contributed by atoms with E-state index < -0.39 is 0 Å². The van der Waals surface area contributed by atoms with E-state index in [1.165, 1.54) is 0 Å². The highest BCUT2D eigenvalue weighted by molar-refractivity contribution is 5.62. The van der Waals surface area contributed by atoms with E-state index in [1.807, 2.05) is 66.7 Å². The molecular weight excluding hydrogens is 430 g/mol. The Bertz CT molecular complexity index is 1280. The largest absolute Gasteiger partial charge is 0.497 e. The van der Waals surface area contributed by atoms with Gasteiger partial charge in [-0.2, -0.15) is 0 Å². The van der Waals surface area contributed by atoms with Crippen LogP contribution in [0.2, 0.25) is 0 Å².